The molecule has 27 heavy (non-hydrogen) atoms. The fourth-order valence-corrected chi connectivity index (χ4v) is 2.68. The molecule has 1 aromatic rings. The van der Waals surface area contributed by atoms with Crippen molar-refractivity contribution in [2.24, 2.45) is 5.11 Å². The molecule has 0 radical (unpaired) electrons. The Morgan fingerprint density at radius 1 is 1.04 bits per heavy atom. The number of azide groups is 1. The zero-order valence-electron chi connectivity index (χ0n) is 15.0. The average molecular weight is 377 g/mol. The normalized spacial score (nSPS) is 27.0. The van der Waals surface area contributed by atoms with Gasteiger partial charge in [0, 0.05) is 18.8 Å². The van der Waals surface area contributed by atoms with E-state index in [0.29, 0.717) is 0 Å². The molecule has 10 heteroatoms. The molecule has 0 amide bonds. The Balaban J connectivity index is 2.38. The van der Waals surface area contributed by atoms with Crippen molar-refractivity contribution in [3.05, 3.63) is 46.3 Å². The summed E-state index contributed by atoms with van der Waals surface area (Å²) in [5.74, 6) is -2.11. The largest absolute Gasteiger partial charge is 0.454 e. The van der Waals surface area contributed by atoms with Crippen LogP contribution >= 0.6 is 0 Å². The fraction of sp³-hybridized carbons (Fsp3) is 0.471. The van der Waals surface area contributed by atoms with Gasteiger partial charge in [0.2, 0.25) is 12.4 Å². The van der Waals surface area contributed by atoms with E-state index < -0.39 is 48.6 Å². The smallest absolute Gasteiger partial charge is 0.338 e. The van der Waals surface area contributed by atoms with Crippen LogP contribution < -0.4 is 0 Å². The molecule has 0 spiro atoms. The van der Waals surface area contributed by atoms with Crippen molar-refractivity contribution in [3.63, 3.8) is 0 Å². The molecule has 10 nitrogen and oxygen atoms in total. The maximum Gasteiger partial charge on any atom is 0.338 e. The molecular weight excluding hydrogens is 358 g/mol. The SMILES string of the molecule is CC(=O)OC1O[C@H](C)[C@@H](N=[N+]=[N-])[C@H](OC(=O)c2ccccc2)[C@H]1OC(C)=O. The third-order valence-electron chi connectivity index (χ3n) is 3.78. The zero-order chi connectivity index (χ0) is 20.0. The Bertz CT molecular complexity index is 748. The van der Waals surface area contributed by atoms with Crippen LogP contribution in [0.3, 0.4) is 0 Å². The summed E-state index contributed by atoms with van der Waals surface area (Å²) in [5, 5.41) is 3.61. The molecule has 0 saturated carbocycles. The molecule has 1 fully saturated rings. The van der Waals surface area contributed by atoms with Crippen LogP contribution in [0.5, 0.6) is 0 Å². The van der Waals surface area contributed by atoms with Crippen LogP contribution in [0, 0.1) is 0 Å². The molecular formula is C17H19N3O7. The first-order chi connectivity index (χ1) is 12.8. The first-order valence-corrected chi connectivity index (χ1v) is 8.13. The van der Waals surface area contributed by atoms with Gasteiger partial charge in [-0.25, -0.2) is 4.79 Å². The third kappa shape index (κ3) is 5.19. The Morgan fingerprint density at radius 3 is 2.22 bits per heavy atom. The summed E-state index contributed by atoms with van der Waals surface area (Å²) >= 11 is 0. The van der Waals surface area contributed by atoms with Crippen LogP contribution in [0.25, 0.3) is 10.4 Å². The second-order valence-electron chi connectivity index (χ2n) is 5.82. The lowest BCUT2D eigenvalue weighted by Gasteiger charge is -2.42. The summed E-state index contributed by atoms with van der Waals surface area (Å²) in [7, 11) is 0. The monoisotopic (exact) mass is 377 g/mol. The van der Waals surface area contributed by atoms with Gasteiger partial charge in [0.25, 0.3) is 0 Å². The van der Waals surface area contributed by atoms with E-state index in [9.17, 15) is 14.4 Å². The maximum atomic E-state index is 12.5. The van der Waals surface area contributed by atoms with E-state index in [0.717, 1.165) is 13.8 Å². The topological polar surface area (TPSA) is 137 Å². The van der Waals surface area contributed by atoms with Crippen LogP contribution in [0.15, 0.2) is 35.4 Å². The lowest BCUT2D eigenvalue weighted by Crippen LogP contribution is -2.59. The van der Waals surface area contributed by atoms with Crippen LogP contribution in [-0.4, -0.2) is 48.6 Å². The van der Waals surface area contributed by atoms with Gasteiger partial charge in [0.05, 0.1) is 11.7 Å². The quantitative estimate of drug-likeness (QED) is 0.252. The number of nitrogens with zero attached hydrogens (tertiary/aromatic N) is 3. The summed E-state index contributed by atoms with van der Waals surface area (Å²) < 4.78 is 21.2. The van der Waals surface area contributed by atoms with Gasteiger partial charge in [-0.3, -0.25) is 9.59 Å². The fourth-order valence-electron chi connectivity index (χ4n) is 2.68. The van der Waals surface area contributed by atoms with Crippen molar-refractivity contribution in [1.82, 2.24) is 0 Å². The molecule has 5 atom stereocenters. The van der Waals surface area contributed by atoms with Crippen LogP contribution in [0.4, 0.5) is 0 Å². The van der Waals surface area contributed by atoms with Crippen molar-refractivity contribution >= 4 is 17.9 Å². The maximum absolute atomic E-state index is 12.5. The second-order valence-corrected chi connectivity index (χ2v) is 5.82. The highest BCUT2D eigenvalue weighted by molar-refractivity contribution is 5.89. The number of esters is 3. The molecule has 0 bridgehead atoms. The minimum atomic E-state index is -1.32. The van der Waals surface area contributed by atoms with Gasteiger partial charge in [-0.15, -0.1) is 0 Å². The first kappa shape index (κ1) is 20.2. The van der Waals surface area contributed by atoms with Crippen molar-refractivity contribution in [1.29, 1.82) is 0 Å². The highest BCUT2D eigenvalue weighted by Gasteiger charge is 2.50. The number of ether oxygens (including phenoxy) is 4. The van der Waals surface area contributed by atoms with Gasteiger partial charge in [-0.2, -0.15) is 0 Å². The van der Waals surface area contributed by atoms with Crippen LogP contribution in [0.1, 0.15) is 31.1 Å². The Kier molecular flexibility index (Phi) is 6.75. The molecule has 1 saturated heterocycles. The summed E-state index contributed by atoms with van der Waals surface area (Å²) in [6.07, 6.45) is -4.61. The number of rotatable bonds is 5. The van der Waals surface area contributed by atoms with Crippen molar-refractivity contribution in [2.45, 2.75) is 51.4 Å². The molecule has 0 aliphatic carbocycles. The highest BCUT2D eigenvalue weighted by atomic mass is 16.7. The lowest BCUT2D eigenvalue weighted by atomic mass is 9.97. The molecule has 0 N–H and O–H groups in total. The Morgan fingerprint density at radius 2 is 1.67 bits per heavy atom. The number of hydrogen-bond acceptors (Lipinski definition) is 8. The summed E-state index contributed by atoms with van der Waals surface area (Å²) in [6, 6.07) is 7.11. The molecule has 144 valence electrons. The van der Waals surface area contributed by atoms with E-state index in [1.54, 1.807) is 25.1 Å². The van der Waals surface area contributed by atoms with Gasteiger partial charge in [-0.1, -0.05) is 23.3 Å². The van der Waals surface area contributed by atoms with E-state index in [1.807, 2.05) is 0 Å². The molecule has 2 rings (SSSR count). The van der Waals surface area contributed by atoms with Gasteiger partial charge in [-0.05, 0) is 24.6 Å². The molecule has 1 heterocycles. The Labute approximate surface area is 155 Å². The van der Waals surface area contributed by atoms with E-state index in [-0.39, 0.29) is 5.56 Å². The molecule has 0 aromatic heterocycles. The number of carbonyl (C=O) groups excluding carboxylic acids is 3. The lowest BCUT2D eigenvalue weighted by molar-refractivity contribution is -0.265. The number of benzene rings is 1. The third-order valence-corrected chi connectivity index (χ3v) is 3.78. The van der Waals surface area contributed by atoms with Gasteiger partial charge in [0.15, 0.2) is 6.10 Å². The van der Waals surface area contributed by atoms with Gasteiger partial charge >= 0.3 is 17.9 Å². The van der Waals surface area contributed by atoms with E-state index in [2.05, 4.69) is 10.0 Å². The van der Waals surface area contributed by atoms with Crippen molar-refractivity contribution in [2.75, 3.05) is 0 Å². The van der Waals surface area contributed by atoms with Crippen LogP contribution in [-0.2, 0) is 28.5 Å². The predicted octanol–water partition coefficient (Wildman–Crippen LogP) is 2.13. The molecule has 1 aliphatic rings. The van der Waals surface area contributed by atoms with E-state index in [4.69, 9.17) is 24.5 Å². The molecule has 1 aliphatic heterocycles. The highest BCUT2D eigenvalue weighted by Crippen LogP contribution is 2.30. The first-order valence-electron chi connectivity index (χ1n) is 8.13. The van der Waals surface area contributed by atoms with Crippen molar-refractivity contribution in [3.8, 4) is 0 Å². The number of carbonyl (C=O) groups is 3. The minimum absolute atomic E-state index is 0.252. The second kappa shape index (κ2) is 9.02. The standard InChI is InChI=1S/C17H19N3O7/c1-9-13(19-20-18)14(27-16(23)12-7-5-4-6-8-12)15(25-10(2)21)17(24-9)26-11(3)22/h4-9,13-15,17H,1-3H3/t9-,13-,14+,15-,17?/m1/s1. The van der Waals surface area contributed by atoms with E-state index in [1.165, 1.54) is 12.1 Å². The summed E-state index contributed by atoms with van der Waals surface area (Å²) in [6.45, 7) is 3.86. The molecule has 1 unspecified atom stereocenters. The Hall–Kier alpha value is -3.10. The van der Waals surface area contributed by atoms with Gasteiger partial charge in [0.1, 0.15) is 6.04 Å². The van der Waals surface area contributed by atoms with Gasteiger partial charge < -0.3 is 18.9 Å². The molecule has 1 aromatic carbocycles. The summed E-state index contributed by atoms with van der Waals surface area (Å²) in [4.78, 5) is 38.1. The van der Waals surface area contributed by atoms with Crippen molar-refractivity contribution < 1.29 is 33.3 Å². The number of hydrogen-bond donors (Lipinski definition) is 0. The average Bonchev–Trinajstić information content (AvgIpc) is 2.61. The summed E-state index contributed by atoms with van der Waals surface area (Å²) in [5.41, 5.74) is 9.11. The zero-order valence-corrected chi connectivity index (χ0v) is 15.0. The van der Waals surface area contributed by atoms with E-state index >= 15 is 0 Å². The predicted molar refractivity (Wildman–Crippen MR) is 90.2 cm³/mol. The van der Waals surface area contributed by atoms with Crippen LogP contribution in [0.2, 0.25) is 0 Å². The minimum Gasteiger partial charge on any atom is -0.454 e.